The Bertz CT molecular complexity index is 720. The quantitative estimate of drug-likeness (QED) is 0.751. The third-order valence-corrected chi connectivity index (χ3v) is 4.01. The van der Waals surface area contributed by atoms with Gasteiger partial charge >= 0.3 is 5.69 Å². The minimum Gasteiger partial charge on any atom is -0.481 e. The Balaban J connectivity index is 0.000000396. The molecule has 120 valence electrons. The summed E-state index contributed by atoms with van der Waals surface area (Å²) in [5.74, 6) is -0.833. The van der Waals surface area contributed by atoms with Crippen LogP contribution in [0.2, 0.25) is 0 Å². The molecular weight excluding hydrogens is 282 g/mol. The maximum atomic E-state index is 12.1. The number of aliphatic carboxylic acids is 1. The first-order valence-electron chi connectivity index (χ1n) is 7.52. The number of carbonyl (C=O) groups is 1. The normalized spacial score (nSPS) is 15.4. The van der Waals surface area contributed by atoms with Crippen LogP contribution in [0.1, 0.15) is 36.9 Å². The van der Waals surface area contributed by atoms with Gasteiger partial charge in [0.25, 0.3) is 5.97 Å². The second kappa shape index (κ2) is 6.79. The number of H-pyrrole nitrogens is 1. The molecule has 3 N–H and O–H groups in total. The number of aromatic amines is 1. The Hall–Kier alpha value is -2.08. The lowest BCUT2D eigenvalue weighted by Gasteiger charge is -2.23. The highest BCUT2D eigenvalue weighted by atomic mass is 16.4. The zero-order valence-electron chi connectivity index (χ0n) is 13.3. The fourth-order valence-electron chi connectivity index (χ4n) is 2.81. The van der Waals surface area contributed by atoms with Crippen molar-refractivity contribution in [3.05, 3.63) is 33.7 Å². The van der Waals surface area contributed by atoms with Gasteiger partial charge in [-0.25, -0.2) is 4.79 Å². The molecule has 3 rings (SSSR count). The summed E-state index contributed by atoms with van der Waals surface area (Å²) in [5.41, 5.74) is 4.50. The lowest BCUT2D eigenvalue weighted by Crippen LogP contribution is -2.33. The molecule has 6 heteroatoms. The van der Waals surface area contributed by atoms with E-state index in [2.05, 4.69) is 36.3 Å². The Morgan fingerprint density at radius 1 is 1.23 bits per heavy atom. The third-order valence-electron chi connectivity index (χ3n) is 4.01. The summed E-state index contributed by atoms with van der Waals surface area (Å²) in [7, 11) is 0. The van der Waals surface area contributed by atoms with E-state index in [1.54, 1.807) is 0 Å². The second-order valence-electron chi connectivity index (χ2n) is 5.75. The number of imidazole rings is 1. The van der Waals surface area contributed by atoms with Gasteiger partial charge < -0.3 is 15.4 Å². The standard InChI is InChI=1S/C14H19N3O.C2H4O2/c1-9-7-12-13(8-10(9)2)17(14(18)16-12)11-3-5-15-6-4-11;1-2(3)4/h7-8,11,15H,3-6H2,1-2H3,(H,16,18);1H3,(H,3,4). The second-order valence-corrected chi connectivity index (χ2v) is 5.75. The van der Waals surface area contributed by atoms with Gasteiger partial charge in [-0.1, -0.05) is 0 Å². The van der Waals surface area contributed by atoms with Crippen LogP contribution in [0.15, 0.2) is 16.9 Å². The van der Waals surface area contributed by atoms with E-state index in [0.717, 1.165) is 43.9 Å². The molecule has 0 aliphatic carbocycles. The van der Waals surface area contributed by atoms with Crippen LogP contribution in [0, 0.1) is 13.8 Å². The van der Waals surface area contributed by atoms with Gasteiger partial charge in [0.15, 0.2) is 0 Å². The number of carboxylic acid groups (broad SMARTS) is 1. The van der Waals surface area contributed by atoms with Crippen LogP contribution in [-0.4, -0.2) is 33.7 Å². The predicted molar refractivity (Wildman–Crippen MR) is 86.5 cm³/mol. The van der Waals surface area contributed by atoms with E-state index in [4.69, 9.17) is 9.90 Å². The number of carboxylic acids is 1. The Labute approximate surface area is 129 Å². The van der Waals surface area contributed by atoms with Crippen molar-refractivity contribution in [2.24, 2.45) is 0 Å². The molecule has 0 spiro atoms. The van der Waals surface area contributed by atoms with Crippen molar-refractivity contribution in [2.45, 2.75) is 39.7 Å². The molecule has 1 aromatic carbocycles. The zero-order chi connectivity index (χ0) is 16.3. The molecule has 1 aromatic heterocycles. The van der Waals surface area contributed by atoms with Crippen molar-refractivity contribution < 1.29 is 9.90 Å². The van der Waals surface area contributed by atoms with Gasteiger partial charge in [-0.3, -0.25) is 9.36 Å². The summed E-state index contributed by atoms with van der Waals surface area (Å²) in [4.78, 5) is 24.1. The van der Waals surface area contributed by atoms with Gasteiger partial charge in [0.2, 0.25) is 0 Å². The summed E-state index contributed by atoms with van der Waals surface area (Å²) in [6, 6.07) is 4.53. The smallest absolute Gasteiger partial charge is 0.326 e. The number of benzene rings is 1. The topological polar surface area (TPSA) is 87.1 Å². The van der Waals surface area contributed by atoms with E-state index < -0.39 is 5.97 Å². The molecule has 1 saturated heterocycles. The first-order valence-corrected chi connectivity index (χ1v) is 7.52. The van der Waals surface area contributed by atoms with Crippen molar-refractivity contribution >= 4 is 17.0 Å². The van der Waals surface area contributed by atoms with Crippen LogP contribution in [-0.2, 0) is 4.79 Å². The minimum absolute atomic E-state index is 0.0295. The Morgan fingerprint density at radius 2 is 1.77 bits per heavy atom. The van der Waals surface area contributed by atoms with Crippen LogP contribution < -0.4 is 11.0 Å². The van der Waals surface area contributed by atoms with Crippen LogP contribution in [0.3, 0.4) is 0 Å². The Morgan fingerprint density at radius 3 is 2.36 bits per heavy atom. The molecule has 1 fully saturated rings. The van der Waals surface area contributed by atoms with E-state index in [-0.39, 0.29) is 5.69 Å². The average Bonchev–Trinajstić information content (AvgIpc) is 2.75. The average molecular weight is 305 g/mol. The molecule has 1 aliphatic rings. The van der Waals surface area contributed by atoms with E-state index in [1.807, 2.05) is 4.57 Å². The van der Waals surface area contributed by atoms with E-state index >= 15 is 0 Å². The number of nitrogens with one attached hydrogen (secondary N) is 2. The predicted octanol–water partition coefficient (Wildman–Crippen LogP) is 1.96. The highest BCUT2D eigenvalue weighted by Crippen LogP contribution is 2.23. The maximum absolute atomic E-state index is 12.1. The van der Waals surface area contributed by atoms with Gasteiger partial charge in [0.05, 0.1) is 11.0 Å². The summed E-state index contributed by atoms with van der Waals surface area (Å²) >= 11 is 0. The van der Waals surface area contributed by atoms with E-state index in [9.17, 15) is 4.79 Å². The SMILES string of the molecule is CC(=O)O.Cc1cc2[nH]c(=O)n(C3CCNCC3)c2cc1C. The van der Waals surface area contributed by atoms with Gasteiger partial charge in [-0.05, 0) is 63.0 Å². The lowest BCUT2D eigenvalue weighted by atomic mass is 10.1. The van der Waals surface area contributed by atoms with Gasteiger partial charge in [0, 0.05) is 13.0 Å². The molecule has 6 nitrogen and oxygen atoms in total. The molecule has 2 heterocycles. The molecule has 0 saturated carbocycles. The molecule has 0 atom stereocenters. The first kappa shape index (κ1) is 16.3. The molecular formula is C16H23N3O3. The number of nitrogens with zero attached hydrogens (tertiary/aromatic N) is 1. The van der Waals surface area contributed by atoms with Crippen molar-refractivity contribution in [3.8, 4) is 0 Å². The van der Waals surface area contributed by atoms with Crippen LogP contribution >= 0.6 is 0 Å². The van der Waals surface area contributed by atoms with Gasteiger partial charge in [0.1, 0.15) is 0 Å². The van der Waals surface area contributed by atoms with E-state index in [1.165, 1.54) is 11.1 Å². The number of hydrogen-bond acceptors (Lipinski definition) is 3. The fraction of sp³-hybridized carbons (Fsp3) is 0.500. The maximum Gasteiger partial charge on any atom is 0.326 e. The third kappa shape index (κ3) is 3.57. The molecule has 0 radical (unpaired) electrons. The highest BCUT2D eigenvalue weighted by Gasteiger charge is 2.19. The minimum atomic E-state index is -0.833. The molecule has 2 aromatic rings. The number of piperidine rings is 1. The molecule has 0 bridgehead atoms. The lowest BCUT2D eigenvalue weighted by molar-refractivity contribution is -0.134. The van der Waals surface area contributed by atoms with Crippen molar-refractivity contribution in [2.75, 3.05) is 13.1 Å². The van der Waals surface area contributed by atoms with Gasteiger partial charge in [-0.15, -0.1) is 0 Å². The number of rotatable bonds is 1. The Kier molecular flexibility index (Phi) is 5.03. The number of aryl methyl sites for hydroxylation is 2. The summed E-state index contributed by atoms with van der Waals surface area (Å²) < 4.78 is 1.95. The van der Waals surface area contributed by atoms with Gasteiger partial charge in [-0.2, -0.15) is 0 Å². The largest absolute Gasteiger partial charge is 0.481 e. The summed E-state index contributed by atoms with van der Waals surface area (Å²) in [6.07, 6.45) is 2.06. The molecule has 0 unspecified atom stereocenters. The first-order chi connectivity index (χ1) is 10.4. The number of fused-ring (bicyclic) bond motifs is 1. The molecule has 1 aliphatic heterocycles. The van der Waals surface area contributed by atoms with Crippen molar-refractivity contribution in [1.82, 2.24) is 14.9 Å². The number of aromatic nitrogens is 2. The zero-order valence-corrected chi connectivity index (χ0v) is 13.3. The van der Waals surface area contributed by atoms with Crippen molar-refractivity contribution in [1.29, 1.82) is 0 Å². The summed E-state index contributed by atoms with van der Waals surface area (Å²) in [5, 5.41) is 10.8. The summed E-state index contributed by atoms with van der Waals surface area (Å²) in [6.45, 7) is 7.25. The highest BCUT2D eigenvalue weighted by molar-refractivity contribution is 5.77. The van der Waals surface area contributed by atoms with Crippen LogP contribution in [0.5, 0.6) is 0 Å². The van der Waals surface area contributed by atoms with E-state index in [0.29, 0.717) is 6.04 Å². The molecule has 22 heavy (non-hydrogen) atoms. The monoisotopic (exact) mass is 305 g/mol. The number of hydrogen-bond donors (Lipinski definition) is 3. The van der Waals surface area contributed by atoms with Crippen molar-refractivity contribution in [3.63, 3.8) is 0 Å². The molecule has 0 amide bonds. The van der Waals surface area contributed by atoms with Crippen LogP contribution in [0.4, 0.5) is 0 Å². The fourth-order valence-corrected chi connectivity index (χ4v) is 2.81. The van der Waals surface area contributed by atoms with Crippen LogP contribution in [0.25, 0.3) is 11.0 Å².